The molecule has 3 N–H and O–H groups in total. The SMILES string of the molecule is O=C1c2ccccc2-c2[nH]c([C@@H]3OC[C@@H](O)[C@H]3O)cc21. The van der Waals surface area contributed by atoms with Gasteiger partial charge in [0.25, 0.3) is 0 Å². The summed E-state index contributed by atoms with van der Waals surface area (Å²) in [5, 5.41) is 19.4. The Kier molecular flexibility index (Phi) is 2.38. The molecule has 0 amide bonds. The molecule has 0 radical (unpaired) electrons. The quantitative estimate of drug-likeness (QED) is 0.617. The van der Waals surface area contributed by atoms with Gasteiger partial charge in [-0.3, -0.25) is 4.79 Å². The van der Waals surface area contributed by atoms with Crippen LogP contribution in [0.3, 0.4) is 0 Å². The van der Waals surface area contributed by atoms with Gasteiger partial charge in [-0.1, -0.05) is 24.3 Å². The fourth-order valence-corrected chi connectivity index (χ4v) is 2.94. The van der Waals surface area contributed by atoms with E-state index in [9.17, 15) is 15.0 Å². The van der Waals surface area contributed by atoms with Crippen LogP contribution in [0.4, 0.5) is 0 Å². The van der Waals surface area contributed by atoms with Crippen LogP contribution < -0.4 is 0 Å². The van der Waals surface area contributed by atoms with E-state index in [1.165, 1.54) is 0 Å². The molecule has 1 aromatic carbocycles. The summed E-state index contributed by atoms with van der Waals surface area (Å²) in [5.41, 5.74) is 3.54. The summed E-state index contributed by atoms with van der Waals surface area (Å²) in [6.07, 6.45) is -2.48. The van der Waals surface area contributed by atoms with Crippen molar-refractivity contribution in [2.24, 2.45) is 0 Å². The summed E-state index contributed by atoms with van der Waals surface area (Å²) in [4.78, 5) is 15.4. The van der Waals surface area contributed by atoms with E-state index in [2.05, 4.69) is 4.98 Å². The number of aromatic amines is 1. The number of aliphatic hydroxyl groups excluding tert-OH is 2. The Hall–Kier alpha value is -1.95. The first-order valence-electron chi connectivity index (χ1n) is 6.51. The van der Waals surface area contributed by atoms with Crippen LogP contribution >= 0.6 is 0 Å². The average Bonchev–Trinajstić information content (AvgIpc) is 3.09. The molecular weight excluding hydrogens is 258 g/mol. The second kappa shape index (κ2) is 4.02. The number of carbonyl (C=O) groups excluding carboxylic acids is 1. The number of ether oxygens (including phenoxy) is 1. The first-order valence-corrected chi connectivity index (χ1v) is 6.51. The molecule has 2 aromatic rings. The third kappa shape index (κ3) is 1.45. The Morgan fingerprint density at radius 2 is 1.90 bits per heavy atom. The molecular formula is C15H13NO4. The van der Waals surface area contributed by atoms with Gasteiger partial charge in [-0.05, 0) is 6.07 Å². The van der Waals surface area contributed by atoms with E-state index in [0.717, 1.165) is 11.3 Å². The largest absolute Gasteiger partial charge is 0.388 e. The topological polar surface area (TPSA) is 82.6 Å². The average molecular weight is 271 g/mol. The maximum Gasteiger partial charge on any atom is 0.195 e. The van der Waals surface area contributed by atoms with E-state index < -0.39 is 18.3 Å². The van der Waals surface area contributed by atoms with Gasteiger partial charge in [0.05, 0.1) is 12.3 Å². The van der Waals surface area contributed by atoms with Crippen LogP contribution in [0.15, 0.2) is 30.3 Å². The molecule has 0 spiro atoms. The van der Waals surface area contributed by atoms with Gasteiger partial charge in [0.2, 0.25) is 0 Å². The van der Waals surface area contributed by atoms with Crippen LogP contribution in [0.2, 0.25) is 0 Å². The summed E-state index contributed by atoms with van der Waals surface area (Å²) in [7, 11) is 0. The Labute approximate surface area is 114 Å². The van der Waals surface area contributed by atoms with Crippen LogP contribution in [0.25, 0.3) is 11.3 Å². The van der Waals surface area contributed by atoms with E-state index in [0.29, 0.717) is 16.8 Å². The van der Waals surface area contributed by atoms with Crippen LogP contribution in [0, 0.1) is 0 Å². The molecule has 1 aliphatic heterocycles. The third-order valence-electron chi connectivity index (χ3n) is 3.98. The lowest BCUT2D eigenvalue weighted by atomic mass is 10.1. The number of rotatable bonds is 1. The van der Waals surface area contributed by atoms with Gasteiger partial charge in [0.1, 0.15) is 18.3 Å². The molecule has 4 rings (SSSR count). The van der Waals surface area contributed by atoms with Gasteiger partial charge in [-0.2, -0.15) is 0 Å². The van der Waals surface area contributed by atoms with Crippen molar-refractivity contribution in [2.45, 2.75) is 18.3 Å². The third-order valence-corrected chi connectivity index (χ3v) is 3.98. The molecule has 2 aliphatic rings. The van der Waals surface area contributed by atoms with Crippen LogP contribution in [0.1, 0.15) is 27.7 Å². The Balaban J connectivity index is 1.79. The molecule has 1 aromatic heterocycles. The van der Waals surface area contributed by atoms with Crippen molar-refractivity contribution in [1.82, 2.24) is 4.98 Å². The molecule has 0 bridgehead atoms. The second-order valence-corrected chi connectivity index (χ2v) is 5.20. The van der Waals surface area contributed by atoms with Crippen molar-refractivity contribution in [3.63, 3.8) is 0 Å². The van der Waals surface area contributed by atoms with Crippen molar-refractivity contribution in [3.05, 3.63) is 47.2 Å². The number of carbonyl (C=O) groups is 1. The number of aromatic nitrogens is 1. The Morgan fingerprint density at radius 1 is 1.15 bits per heavy atom. The van der Waals surface area contributed by atoms with Crippen LogP contribution in [-0.2, 0) is 4.74 Å². The summed E-state index contributed by atoms with van der Waals surface area (Å²) >= 11 is 0. The number of nitrogens with one attached hydrogen (secondary N) is 1. The highest BCUT2D eigenvalue weighted by molar-refractivity contribution is 6.21. The number of benzene rings is 1. The normalized spacial score (nSPS) is 27.7. The zero-order valence-corrected chi connectivity index (χ0v) is 10.5. The molecule has 5 heteroatoms. The Morgan fingerprint density at radius 3 is 2.60 bits per heavy atom. The molecule has 20 heavy (non-hydrogen) atoms. The highest BCUT2D eigenvalue weighted by Crippen LogP contribution is 2.39. The number of fused-ring (bicyclic) bond motifs is 3. The first-order chi connectivity index (χ1) is 9.66. The minimum Gasteiger partial charge on any atom is -0.388 e. The van der Waals surface area contributed by atoms with E-state index >= 15 is 0 Å². The fourth-order valence-electron chi connectivity index (χ4n) is 2.94. The minimum atomic E-state index is -0.973. The molecule has 0 saturated carbocycles. The molecule has 1 fully saturated rings. The minimum absolute atomic E-state index is 0.0221. The standard InChI is InChI=1S/C15H13NO4/c17-11-6-20-15(14(11)19)10-5-9-12(16-10)7-3-1-2-4-8(7)13(9)18/h1-5,11,14-17,19H,6H2/t11-,14-,15+/m1/s1. The monoisotopic (exact) mass is 271 g/mol. The van der Waals surface area contributed by atoms with Crippen molar-refractivity contribution >= 4 is 5.78 Å². The lowest BCUT2D eigenvalue weighted by Gasteiger charge is -2.13. The number of aliphatic hydroxyl groups is 2. The number of hydrogen-bond acceptors (Lipinski definition) is 4. The van der Waals surface area contributed by atoms with E-state index in [1.807, 2.05) is 18.2 Å². The van der Waals surface area contributed by atoms with Crippen molar-refractivity contribution < 1.29 is 19.7 Å². The lowest BCUT2D eigenvalue weighted by Crippen LogP contribution is -2.25. The highest BCUT2D eigenvalue weighted by atomic mass is 16.5. The number of ketones is 1. The summed E-state index contributed by atoms with van der Waals surface area (Å²) < 4.78 is 5.38. The summed E-state index contributed by atoms with van der Waals surface area (Å²) in [6.45, 7) is 0.0973. The molecule has 102 valence electrons. The number of hydrogen-bond donors (Lipinski definition) is 3. The maximum absolute atomic E-state index is 12.3. The summed E-state index contributed by atoms with van der Waals surface area (Å²) in [6, 6.07) is 9.12. The highest BCUT2D eigenvalue weighted by Gasteiger charge is 2.38. The van der Waals surface area contributed by atoms with Crippen molar-refractivity contribution in [3.8, 4) is 11.3 Å². The van der Waals surface area contributed by atoms with Gasteiger partial charge >= 0.3 is 0 Å². The fraction of sp³-hybridized carbons (Fsp3) is 0.267. The predicted octanol–water partition coefficient (Wildman–Crippen LogP) is 1.02. The molecule has 0 unspecified atom stereocenters. The van der Waals surface area contributed by atoms with Gasteiger partial charge in [-0.25, -0.2) is 0 Å². The zero-order valence-electron chi connectivity index (χ0n) is 10.5. The van der Waals surface area contributed by atoms with E-state index in [-0.39, 0.29) is 12.4 Å². The Bertz CT molecular complexity index is 706. The van der Waals surface area contributed by atoms with Crippen molar-refractivity contribution in [1.29, 1.82) is 0 Å². The molecule has 2 heterocycles. The molecule has 1 saturated heterocycles. The van der Waals surface area contributed by atoms with Gasteiger partial charge in [-0.15, -0.1) is 0 Å². The van der Waals surface area contributed by atoms with Crippen LogP contribution in [-0.4, -0.2) is 39.8 Å². The summed E-state index contributed by atoms with van der Waals surface area (Å²) in [5.74, 6) is -0.0221. The van der Waals surface area contributed by atoms with Gasteiger partial charge in [0.15, 0.2) is 5.78 Å². The van der Waals surface area contributed by atoms with Crippen molar-refractivity contribution in [2.75, 3.05) is 6.61 Å². The zero-order chi connectivity index (χ0) is 13.9. The van der Waals surface area contributed by atoms with Crippen LogP contribution in [0.5, 0.6) is 0 Å². The predicted molar refractivity (Wildman–Crippen MR) is 70.4 cm³/mol. The van der Waals surface area contributed by atoms with Gasteiger partial charge in [0, 0.05) is 22.4 Å². The smallest absolute Gasteiger partial charge is 0.195 e. The maximum atomic E-state index is 12.3. The molecule has 5 nitrogen and oxygen atoms in total. The first kappa shape index (κ1) is 11.8. The van der Waals surface area contributed by atoms with E-state index in [4.69, 9.17) is 4.74 Å². The molecule has 1 aliphatic carbocycles. The van der Waals surface area contributed by atoms with E-state index in [1.54, 1.807) is 12.1 Å². The van der Waals surface area contributed by atoms with Gasteiger partial charge < -0.3 is 19.9 Å². The second-order valence-electron chi connectivity index (χ2n) is 5.20. The number of H-pyrrole nitrogens is 1. The lowest BCUT2D eigenvalue weighted by molar-refractivity contribution is 0.0208. The molecule has 3 atom stereocenters.